The highest BCUT2D eigenvalue weighted by atomic mass is 32.2. The summed E-state index contributed by atoms with van der Waals surface area (Å²) in [5.41, 5.74) is -1.68. The van der Waals surface area contributed by atoms with Crippen LogP contribution in [-0.2, 0) is 29.1 Å². The van der Waals surface area contributed by atoms with Gasteiger partial charge in [0.2, 0.25) is 21.8 Å². The number of carbonyl (C=O) groups excluding carboxylic acids is 5. The van der Waals surface area contributed by atoms with E-state index in [9.17, 15) is 32.4 Å². The van der Waals surface area contributed by atoms with Crippen molar-refractivity contribution in [2.45, 2.75) is 113 Å². The molecule has 0 aromatic heterocycles. The van der Waals surface area contributed by atoms with Gasteiger partial charge in [-0.2, -0.15) is 5.26 Å². The zero-order chi connectivity index (χ0) is 35.6. The molecule has 2 aliphatic carbocycles. The van der Waals surface area contributed by atoms with Crippen molar-refractivity contribution >= 4 is 39.7 Å². The quantitative estimate of drug-likeness (QED) is 0.321. The lowest BCUT2D eigenvalue weighted by atomic mass is 10.0. The number of nitrogens with one attached hydrogen (secondary N) is 4. The van der Waals surface area contributed by atoms with E-state index >= 15 is 0 Å². The van der Waals surface area contributed by atoms with Crippen LogP contribution in [0.1, 0.15) is 94.5 Å². The van der Waals surface area contributed by atoms with E-state index in [1.165, 1.54) is 29.2 Å². The summed E-state index contributed by atoms with van der Waals surface area (Å²) in [6.07, 6.45) is 7.12. The molecule has 14 nitrogen and oxygen atoms in total. The third-order valence-corrected chi connectivity index (χ3v) is 11.0. The van der Waals surface area contributed by atoms with Crippen molar-refractivity contribution in [3.63, 3.8) is 0 Å². The first-order chi connectivity index (χ1) is 23.1. The highest BCUT2D eigenvalue weighted by Gasteiger charge is 2.62. The Morgan fingerprint density at radius 1 is 1.04 bits per heavy atom. The molecule has 49 heavy (non-hydrogen) atoms. The van der Waals surface area contributed by atoms with Gasteiger partial charge < -0.3 is 25.6 Å². The Labute approximate surface area is 286 Å². The van der Waals surface area contributed by atoms with Gasteiger partial charge in [0.05, 0.1) is 16.9 Å². The second-order valence-electron chi connectivity index (χ2n) is 14.3. The Kier molecular flexibility index (Phi) is 10.4. The average Bonchev–Trinajstić information content (AvgIpc) is 3.95. The molecule has 15 heteroatoms. The van der Waals surface area contributed by atoms with Crippen molar-refractivity contribution in [1.82, 2.24) is 25.6 Å². The monoisotopic (exact) mass is 696 g/mol. The molecule has 5 amide bonds. The summed E-state index contributed by atoms with van der Waals surface area (Å²) in [7, 11) is -3.90. The number of alkyl carbamates (subject to hydrolysis) is 1. The smallest absolute Gasteiger partial charge is 0.408 e. The fourth-order valence-electron chi connectivity index (χ4n) is 6.32. The highest BCUT2D eigenvalue weighted by Crippen LogP contribution is 2.46. The predicted octanol–water partition coefficient (Wildman–Crippen LogP) is 2.15. The van der Waals surface area contributed by atoms with Gasteiger partial charge in [0.1, 0.15) is 23.2 Å². The lowest BCUT2D eigenvalue weighted by Crippen LogP contribution is -2.58. The molecule has 0 spiro atoms. The first kappa shape index (κ1) is 35.8. The second-order valence-corrected chi connectivity index (χ2v) is 16.3. The molecule has 5 atom stereocenters. The standard InChI is InChI=1S/C34H44N6O8S/c1-33(2,3)48-32(45)37-26-10-8-6-4-5-7-9-23-18-34(23,31(44)39-49(46,47)25-15-16-25)38-29(42)27-17-24(20-40(27)30(26)43)36-28(41)22-13-11-21(19-35)12-14-22/h7,9,11-14,23-27H,4-6,8,10,15-18,20H2,1-3H3,(H,36,41)(H,37,45)(H,38,42)(H,39,44)/b9-7-/t23-,24-,26+,27+,34-/m1/s1. The summed E-state index contributed by atoms with van der Waals surface area (Å²) < 4.78 is 33.0. The lowest BCUT2D eigenvalue weighted by molar-refractivity contribution is -0.141. The number of rotatable bonds is 6. The maximum absolute atomic E-state index is 14.2. The lowest BCUT2D eigenvalue weighted by Gasteiger charge is -2.30. The fourth-order valence-corrected chi connectivity index (χ4v) is 7.68. The van der Waals surface area contributed by atoms with Crippen LogP contribution in [0.3, 0.4) is 0 Å². The van der Waals surface area contributed by atoms with Gasteiger partial charge in [-0.1, -0.05) is 25.0 Å². The molecule has 4 aliphatic rings. The third-order valence-electron chi connectivity index (χ3n) is 9.18. The first-order valence-electron chi connectivity index (χ1n) is 16.8. The number of amides is 5. The van der Waals surface area contributed by atoms with E-state index in [1.54, 1.807) is 20.8 Å². The van der Waals surface area contributed by atoms with E-state index in [2.05, 4.69) is 20.7 Å². The number of benzene rings is 1. The van der Waals surface area contributed by atoms with Crippen molar-refractivity contribution in [3.05, 3.63) is 47.5 Å². The molecule has 4 N–H and O–H groups in total. The van der Waals surface area contributed by atoms with E-state index in [4.69, 9.17) is 10.00 Å². The van der Waals surface area contributed by atoms with Crippen LogP contribution in [0.2, 0.25) is 0 Å². The summed E-state index contributed by atoms with van der Waals surface area (Å²) in [4.78, 5) is 69.2. The number of nitrogens with zero attached hydrogens (tertiary/aromatic N) is 2. The Morgan fingerprint density at radius 3 is 2.41 bits per heavy atom. The van der Waals surface area contributed by atoms with Crippen LogP contribution in [-0.4, -0.2) is 84.1 Å². The summed E-state index contributed by atoms with van der Waals surface area (Å²) in [6, 6.07) is 5.14. The fraction of sp³-hybridized carbons (Fsp3) is 0.588. The summed E-state index contributed by atoms with van der Waals surface area (Å²) in [5, 5.41) is 16.8. The van der Waals surface area contributed by atoms with Gasteiger partial charge >= 0.3 is 6.09 Å². The minimum absolute atomic E-state index is 0.00265. The van der Waals surface area contributed by atoms with Gasteiger partial charge in [-0.25, -0.2) is 13.2 Å². The first-order valence-corrected chi connectivity index (χ1v) is 18.3. The minimum atomic E-state index is -3.90. The SMILES string of the molecule is CC(C)(C)OC(=O)N[C@H]1CCCCC/C=C\[C@@H]2C[C@@]2(C(=O)NS(=O)(=O)C2CC2)NC(=O)[C@@H]2C[C@@H](NC(=O)c3ccc(C#N)cc3)CN2C1=O. The summed E-state index contributed by atoms with van der Waals surface area (Å²) >= 11 is 0. The molecule has 1 saturated heterocycles. The molecule has 0 radical (unpaired) electrons. The molecule has 0 bridgehead atoms. The Hall–Kier alpha value is -4.45. The van der Waals surface area contributed by atoms with E-state index in [0.717, 1.165) is 12.8 Å². The summed E-state index contributed by atoms with van der Waals surface area (Å²) in [6.45, 7) is 5.04. The maximum atomic E-state index is 14.2. The molecule has 2 aliphatic heterocycles. The van der Waals surface area contributed by atoms with E-state index < -0.39 is 80.2 Å². The maximum Gasteiger partial charge on any atom is 0.408 e. The molecule has 0 unspecified atom stereocenters. The molecule has 2 heterocycles. The number of ether oxygens (including phenoxy) is 1. The number of hydrogen-bond acceptors (Lipinski definition) is 9. The van der Waals surface area contributed by atoms with Crippen LogP contribution < -0.4 is 20.7 Å². The van der Waals surface area contributed by atoms with E-state index in [-0.39, 0.29) is 31.4 Å². The molecule has 1 aromatic carbocycles. The van der Waals surface area contributed by atoms with Gasteiger partial charge in [-0.15, -0.1) is 0 Å². The van der Waals surface area contributed by atoms with Gasteiger partial charge in [-0.3, -0.25) is 23.9 Å². The zero-order valence-corrected chi connectivity index (χ0v) is 28.8. The number of hydrogen-bond donors (Lipinski definition) is 4. The van der Waals surface area contributed by atoms with E-state index in [1.807, 2.05) is 18.2 Å². The number of allylic oxidation sites excluding steroid dienone is 1. The predicted molar refractivity (Wildman–Crippen MR) is 177 cm³/mol. The largest absolute Gasteiger partial charge is 0.444 e. The van der Waals surface area contributed by atoms with Crippen molar-refractivity contribution < 1.29 is 37.1 Å². The number of fused-ring (bicyclic) bond motifs is 2. The van der Waals surface area contributed by atoms with Crippen LogP contribution >= 0.6 is 0 Å². The van der Waals surface area contributed by atoms with Crippen molar-refractivity contribution in [2.24, 2.45) is 5.92 Å². The van der Waals surface area contributed by atoms with Crippen LogP contribution in [0.25, 0.3) is 0 Å². The normalized spacial score (nSPS) is 28.2. The number of sulfonamides is 1. The molecule has 5 rings (SSSR count). The highest BCUT2D eigenvalue weighted by molar-refractivity contribution is 7.91. The molecule has 3 fully saturated rings. The number of nitriles is 1. The molecular weight excluding hydrogens is 652 g/mol. The third kappa shape index (κ3) is 8.78. The van der Waals surface area contributed by atoms with Crippen LogP contribution in [0, 0.1) is 17.2 Å². The molecular formula is C34H44N6O8S. The van der Waals surface area contributed by atoms with Gasteiger partial charge in [-0.05, 0) is 90.0 Å². The van der Waals surface area contributed by atoms with Crippen molar-refractivity contribution in [3.8, 4) is 6.07 Å². The number of carbonyl (C=O) groups is 5. The Bertz CT molecular complexity index is 1660. The Balaban J connectivity index is 1.42. The Morgan fingerprint density at radius 2 is 1.76 bits per heavy atom. The molecule has 2 saturated carbocycles. The van der Waals surface area contributed by atoms with Crippen LogP contribution in [0.15, 0.2) is 36.4 Å². The zero-order valence-electron chi connectivity index (χ0n) is 28.0. The van der Waals surface area contributed by atoms with Crippen molar-refractivity contribution in [1.29, 1.82) is 5.26 Å². The van der Waals surface area contributed by atoms with E-state index in [0.29, 0.717) is 31.2 Å². The van der Waals surface area contributed by atoms with Gasteiger partial charge in [0.15, 0.2) is 0 Å². The molecule has 1 aromatic rings. The molecule has 264 valence electrons. The van der Waals surface area contributed by atoms with Gasteiger partial charge in [0.25, 0.3) is 11.8 Å². The van der Waals surface area contributed by atoms with Gasteiger partial charge in [0, 0.05) is 24.1 Å². The second kappa shape index (κ2) is 14.2. The van der Waals surface area contributed by atoms with Crippen LogP contribution in [0.5, 0.6) is 0 Å². The van der Waals surface area contributed by atoms with Crippen LogP contribution in [0.4, 0.5) is 4.79 Å². The minimum Gasteiger partial charge on any atom is -0.444 e. The topological polar surface area (TPSA) is 204 Å². The summed E-state index contributed by atoms with van der Waals surface area (Å²) in [5.74, 6) is -2.96. The van der Waals surface area contributed by atoms with Crippen molar-refractivity contribution in [2.75, 3.05) is 6.54 Å². The average molecular weight is 697 g/mol.